The van der Waals surface area contributed by atoms with Gasteiger partial charge in [0.25, 0.3) is 5.69 Å². The zero-order chi connectivity index (χ0) is 17.6. The van der Waals surface area contributed by atoms with Crippen molar-refractivity contribution in [2.75, 3.05) is 0 Å². The van der Waals surface area contributed by atoms with Crippen LogP contribution in [-0.2, 0) is 0 Å². The van der Waals surface area contributed by atoms with Crippen molar-refractivity contribution in [2.45, 2.75) is 90.1 Å². The zero-order valence-electron chi connectivity index (χ0n) is 15.0. The Morgan fingerprint density at radius 2 is 1.33 bits per heavy atom. The van der Waals surface area contributed by atoms with Crippen molar-refractivity contribution in [3.63, 3.8) is 0 Å². The third-order valence-corrected chi connectivity index (χ3v) is 4.53. The maximum absolute atomic E-state index is 14.1. The van der Waals surface area contributed by atoms with E-state index in [1.54, 1.807) is 0 Å². The molecule has 0 bridgehead atoms. The standard InChI is InChI=1S/C20H32FNO2/c1-2-3-4-5-6-7-8-9-10-11-12-13-20(21)18-14-16-19(17-15-18)22(23)24/h14-17,20H,2-13H2,1H3. The number of halogens is 1. The van der Waals surface area contributed by atoms with E-state index in [1.165, 1.54) is 82.1 Å². The van der Waals surface area contributed by atoms with Crippen LogP contribution in [0.5, 0.6) is 0 Å². The summed E-state index contributed by atoms with van der Waals surface area (Å²) in [6, 6.07) is 5.81. The molecule has 0 saturated carbocycles. The Balaban J connectivity index is 2.01. The van der Waals surface area contributed by atoms with Crippen molar-refractivity contribution >= 4 is 5.69 Å². The number of nitrogens with zero attached hydrogens (tertiary/aromatic N) is 1. The van der Waals surface area contributed by atoms with Crippen LogP contribution in [0.15, 0.2) is 24.3 Å². The third kappa shape index (κ3) is 8.99. The van der Waals surface area contributed by atoms with Gasteiger partial charge in [-0.05, 0) is 24.1 Å². The van der Waals surface area contributed by atoms with Crippen LogP contribution in [0.4, 0.5) is 10.1 Å². The van der Waals surface area contributed by atoms with Gasteiger partial charge in [-0.3, -0.25) is 10.1 Å². The first kappa shape index (κ1) is 20.6. The molecule has 1 aromatic carbocycles. The molecule has 0 amide bonds. The van der Waals surface area contributed by atoms with Crippen LogP contribution < -0.4 is 0 Å². The summed E-state index contributed by atoms with van der Waals surface area (Å²) in [4.78, 5) is 10.1. The van der Waals surface area contributed by atoms with Gasteiger partial charge in [0.1, 0.15) is 6.17 Å². The molecule has 0 aliphatic carbocycles. The van der Waals surface area contributed by atoms with Crippen molar-refractivity contribution in [3.8, 4) is 0 Å². The number of unbranched alkanes of at least 4 members (excludes halogenated alkanes) is 10. The predicted octanol–water partition coefficient (Wildman–Crippen LogP) is 7.31. The van der Waals surface area contributed by atoms with Crippen LogP contribution in [0, 0.1) is 10.1 Å². The Bertz CT molecular complexity index is 447. The minimum Gasteiger partial charge on any atom is -0.258 e. The minimum absolute atomic E-state index is 0.0145. The summed E-state index contributed by atoms with van der Waals surface area (Å²) < 4.78 is 14.1. The first-order valence-corrected chi connectivity index (χ1v) is 9.53. The molecule has 1 rings (SSSR count). The molecule has 1 atom stereocenters. The summed E-state index contributed by atoms with van der Waals surface area (Å²) in [5.74, 6) is 0. The van der Waals surface area contributed by atoms with E-state index in [1.807, 2.05) is 0 Å². The first-order valence-electron chi connectivity index (χ1n) is 9.53. The van der Waals surface area contributed by atoms with Crippen LogP contribution in [0.3, 0.4) is 0 Å². The Morgan fingerprint density at radius 3 is 1.79 bits per heavy atom. The molecule has 0 spiro atoms. The first-order chi connectivity index (χ1) is 11.6. The monoisotopic (exact) mass is 337 g/mol. The van der Waals surface area contributed by atoms with Crippen molar-refractivity contribution in [1.29, 1.82) is 0 Å². The molecule has 0 aliphatic heterocycles. The highest BCUT2D eigenvalue weighted by Gasteiger charge is 2.11. The molecular formula is C20H32FNO2. The topological polar surface area (TPSA) is 43.1 Å². The van der Waals surface area contributed by atoms with E-state index < -0.39 is 11.1 Å². The number of hydrogen-bond acceptors (Lipinski definition) is 2. The van der Waals surface area contributed by atoms with Crippen LogP contribution in [0.1, 0.15) is 95.7 Å². The molecule has 0 saturated heterocycles. The van der Waals surface area contributed by atoms with Gasteiger partial charge in [0.05, 0.1) is 4.92 Å². The lowest BCUT2D eigenvalue weighted by atomic mass is 10.0. The molecule has 1 aromatic rings. The fraction of sp³-hybridized carbons (Fsp3) is 0.700. The summed E-state index contributed by atoms with van der Waals surface area (Å²) >= 11 is 0. The number of nitro benzene ring substituents is 1. The summed E-state index contributed by atoms with van der Waals surface area (Å²) in [5, 5.41) is 10.6. The SMILES string of the molecule is CCCCCCCCCCCCCC(F)c1ccc([N+](=O)[O-])cc1. The normalized spacial score (nSPS) is 12.2. The highest BCUT2D eigenvalue weighted by molar-refractivity contribution is 5.33. The molecule has 0 heterocycles. The number of rotatable bonds is 14. The third-order valence-electron chi connectivity index (χ3n) is 4.53. The minimum atomic E-state index is -1.01. The Labute approximate surface area is 145 Å². The van der Waals surface area contributed by atoms with Crippen molar-refractivity contribution in [2.24, 2.45) is 0 Å². The number of benzene rings is 1. The molecule has 0 radical (unpaired) electrons. The van der Waals surface area contributed by atoms with Crippen molar-refractivity contribution in [1.82, 2.24) is 0 Å². The van der Waals surface area contributed by atoms with Crippen LogP contribution in [-0.4, -0.2) is 4.92 Å². The number of non-ortho nitro benzene ring substituents is 1. The molecule has 0 aromatic heterocycles. The summed E-state index contributed by atoms with van der Waals surface area (Å²) in [7, 11) is 0. The largest absolute Gasteiger partial charge is 0.269 e. The molecule has 136 valence electrons. The molecule has 0 fully saturated rings. The van der Waals surface area contributed by atoms with E-state index in [9.17, 15) is 14.5 Å². The second-order valence-electron chi connectivity index (χ2n) is 6.64. The quantitative estimate of drug-likeness (QED) is 0.203. The van der Waals surface area contributed by atoms with E-state index in [0.29, 0.717) is 12.0 Å². The van der Waals surface area contributed by atoms with E-state index in [0.717, 1.165) is 12.8 Å². The lowest BCUT2D eigenvalue weighted by Crippen LogP contribution is -1.94. The van der Waals surface area contributed by atoms with Crippen molar-refractivity contribution < 1.29 is 9.31 Å². The smallest absolute Gasteiger partial charge is 0.258 e. The van der Waals surface area contributed by atoms with E-state index in [-0.39, 0.29) is 5.69 Å². The number of nitro groups is 1. The molecule has 0 N–H and O–H groups in total. The van der Waals surface area contributed by atoms with Crippen LogP contribution in [0.25, 0.3) is 0 Å². The van der Waals surface area contributed by atoms with Gasteiger partial charge in [-0.1, -0.05) is 77.6 Å². The second-order valence-corrected chi connectivity index (χ2v) is 6.64. The van der Waals surface area contributed by atoms with Crippen LogP contribution >= 0.6 is 0 Å². The van der Waals surface area contributed by atoms with Gasteiger partial charge in [0.15, 0.2) is 0 Å². The van der Waals surface area contributed by atoms with Crippen molar-refractivity contribution in [3.05, 3.63) is 39.9 Å². The lowest BCUT2D eigenvalue weighted by Gasteiger charge is -2.08. The molecule has 0 aliphatic rings. The highest BCUT2D eigenvalue weighted by atomic mass is 19.1. The van der Waals surface area contributed by atoms with Gasteiger partial charge >= 0.3 is 0 Å². The number of hydrogen-bond donors (Lipinski definition) is 0. The molecular weight excluding hydrogens is 305 g/mol. The summed E-state index contributed by atoms with van der Waals surface area (Å²) in [5.41, 5.74) is 0.563. The highest BCUT2D eigenvalue weighted by Crippen LogP contribution is 2.26. The fourth-order valence-electron chi connectivity index (χ4n) is 2.96. The van der Waals surface area contributed by atoms with E-state index in [4.69, 9.17) is 0 Å². The molecule has 24 heavy (non-hydrogen) atoms. The molecule has 3 nitrogen and oxygen atoms in total. The average Bonchev–Trinajstić information content (AvgIpc) is 2.59. The zero-order valence-corrected chi connectivity index (χ0v) is 15.0. The average molecular weight is 337 g/mol. The van der Waals surface area contributed by atoms with E-state index in [2.05, 4.69) is 6.92 Å². The lowest BCUT2D eigenvalue weighted by molar-refractivity contribution is -0.384. The van der Waals surface area contributed by atoms with Gasteiger partial charge < -0.3 is 0 Å². The Morgan fingerprint density at radius 1 is 0.875 bits per heavy atom. The summed E-state index contributed by atoms with van der Waals surface area (Å²) in [6.45, 7) is 2.24. The Hall–Kier alpha value is -1.45. The fourth-order valence-corrected chi connectivity index (χ4v) is 2.96. The second kappa shape index (κ2) is 12.9. The maximum Gasteiger partial charge on any atom is 0.269 e. The molecule has 4 heteroatoms. The summed E-state index contributed by atoms with van der Waals surface area (Å²) in [6.07, 6.45) is 13.3. The predicted molar refractivity (Wildman–Crippen MR) is 98.0 cm³/mol. The van der Waals surface area contributed by atoms with Crippen LogP contribution in [0.2, 0.25) is 0 Å². The van der Waals surface area contributed by atoms with E-state index >= 15 is 0 Å². The Kier molecular flexibility index (Phi) is 11.1. The van der Waals surface area contributed by atoms with Gasteiger partial charge in [-0.25, -0.2) is 4.39 Å². The van der Waals surface area contributed by atoms with Gasteiger partial charge in [0.2, 0.25) is 0 Å². The maximum atomic E-state index is 14.1. The number of alkyl halides is 1. The van der Waals surface area contributed by atoms with Gasteiger partial charge in [0, 0.05) is 12.1 Å². The van der Waals surface area contributed by atoms with Gasteiger partial charge in [-0.2, -0.15) is 0 Å². The van der Waals surface area contributed by atoms with Gasteiger partial charge in [-0.15, -0.1) is 0 Å². The molecule has 1 unspecified atom stereocenters.